The zero-order valence-electron chi connectivity index (χ0n) is 12.9. The van der Waals surface area contributed by atoms with Gasteiger partial charge in [-0.15, -0.1) is 0 Å². The summed E-state index contributed by atoms with van der Waals surface area (Å²) in [6, 6.07) is 13.3. The van der Waals surface area contributed by atoms with Crippen LogP contribution in [0, 0.1) is 13.8 Å². The first kappa shape index (κ1) is 16.0. The molecule has 0 atom stereocenters. The molecule has 0 aliphatic heterocycles. The van der Waals surface area contributed by atoms with Crippen molar-refractivity contribution in [2.75, 3.05) is 6.61 Å². The highest BCUT2D eigenvalue weighted by Crippen LogP contribution is 2.22. The molecule has 0 heterocycles. The summed E-state index contributed by atoms with van der Waals surface area (Å²) in [5, 5.41) is 12.1. The molecule has 0 bridgehead atoms. The van der Waals surface area contributed by atoms with Crippen LogP contribution in [0.1, 0.15) is 22.3 Å². The van der Waals surface area contributed by atoms with Crippen molar-refractivity contribution in [2.45, 2.75) is 27.0 Å². The van der Waals surface area contributed by atoms with Gasteiger partial charge in [0.25, 0.3) is 5.91 Å². The molecule has 0 aliphatic rings. The van der Waals surface area contributed by atoms with Gasteiger partial charge < -0.3 is 15.2 Å². The molecule has 0 saturated heterocycles. The van der Waals surface area contributed by atoms with Crippen LogP contribution in [0.4, 0.5) is 0 Å². The Balaban J connectivity index is 1.88. The van der Waals surface area contributed by atoms with Crippen molar-refractivity contribution in [3.8, 4) is 5.75 Å². The van der Waals surface area contributed by atoms with Crippen molar-refractivity contribution in [1.29, 1.82) is 0 Å². The zero-order chi connectivity index (χ0) is 15.9. The fourth-order valence-electron chi connectivity index (χ4n) is 2.29. The van der Waals surface area contributed by atoms with E-state index >= 15 is 0 Å². The van der Waals surface area contributed by atoms with Gasteiger partial charge in [-0.2, -0.15) is 0 Å². The van der Waals surface area contributed by atoms with Gasteiger partial charge in [-0.1, -0.05) is 42.5 Å². The van der Waals surface area contributed by atoms with Crippen LogP contribution in [0.25, 0.3) is 0 Å². The second kappa shape index (κ2) is 7.61. The molecule has 0 aliphatic carbocycles. The number of nitrogens with one attached hydrogen (secondary N) is 1. The van der Waals surface area contributed by atoms with Gasteiger partial charge >= 0.3 is 0 Å². The standard InChI is InChI=1S/C18H21NO3/c1-13-6-5-7-14(2)18(13)22-12-17(21)19-10-15-8-3-4-9-16(15)11-20/h3-9,20H,10-12H2,1-2H3,(H,19,21). The fraction of sp³-hybridized carbons (Fsp3) is 0.278. The highest BCUT2D eigenvalue weighted by Gasteiger charge is 2.08. The Labute approximate surface area is 130 Å². The molecule has 0 radical (unpaired) electrons. The van der Waals surface area contributed by atoms with Gasteiger partial charge in [0.2, 0.25) is 0 Å². The van der Waals surface area contributed by atoms with Crippen molar-refractivity contribution >= 4 is 5.91 Å². The molecule has 1 amide bonds. The average Bonchev–Trinajstić information content (AvgIpc) is 2.52. The minimum Gasteiger partial charge on any atom is -0.483 e. The maximum atomic E-state index is 11.9. The molecule has 0 spiro atoms. The van der Waals surface area contributed by atoms with Gasteiger partial charge in [0.05, 0.1) is 6.61 Å². The van der Waals surface area contributed by atoms with Gasteiger partial charge in [-0.3, -0.25) is 4.79 Å². The van der Waals surface area contributed by atoms with Crippen molar-refractivity contribution < 1.29 is 14.6 Å². The first-order chi connectivity index (χ1) is 10.6. The Kier molecular flexibility index (Phi) is 5.55. The third-order valence-electron chi connectivity index (χ3n) is 3.52. The van der Waals surface area contributed by atoms with Crippen LogP contribution in [-0.2, 0) is 17.9 Å². The number of aryl methyl sites for hydroxylation is 2. The Morgan fingerprint density at radius 3 is 2.32 bits per heavy atom. The topological polar surface area (TPSA) is 58.6 Å². The Morgan fingerprint density at radius 1 is 1.05 bits per heavy atom. The van der Waals surface area contributed by atoms with Gasteiger partial charge in [0, 0.05) is 6.54 Å². The summed E-state index contributed by atoms with van der Waals surface area (Å²) in [6.45, 7) is 4.24. The van der Waals surface area contributed by atoms with E-state index in [0.29, 0.717) is 6.54 Å². The number of hydrogen-bond acceptors (Lipinski definition) is 3. The number of rotatable bonds is 6. The van der Waals surface area contributed by atoms with E-state index in [2.05, 4.69) is 5.32 Å². The molecular weight excluding hydrogens is 278 g/mol. The molecule has 0 fully saturated rings. The van der Waals surface area contributed by atoms with Crippen molar-refractivity contribution in [2.24, 2.45) is 0 Å². The predicted octanol–water partition coefficient (Wildman–Crippen LogP) is 2.49. The first-order valence-corrected chi connectivity index (χ1v) is 7.25. The minimum atomic E-state index is -0.185. The minimum absolute atomic E-state index is 0.0208. The molecule has 116 valence electrons. The summed E-state index contributed by atoms with van der Waals surface area (Å²) in [4.78, 5) is 11.9. The van der Waals surface area contributed by atoms with Crippen molar-refractivity contribution in [3.63, 3.8) is 0 Å². The number of hydrogen-bond donors (Lipinski definition) is 2. The number of carbonyl (C=O) groups excluding carboxylic acids is 1. The largest absolute Gasteiger partial charge is 0.483 e. The Morgan fingerprint density at radius 2 is 1.68 bits per heavy atom. The molecule has 2 N–H and O–H groups in total. The molecule has 2 aromatic rings. The van der Waals surface area contributed by atoms with Crippen LogP contribution in [0.15, 0.2) is 42.5 Å². The van der Waals surface area contributed by atoms with E-state index in [-0.39, 0.29) is 19.1 Å². The number of para-hydroxylation sites is 1. The molecular formula is C18H21NO3. The third-order valence-corrected chi connectivity index (χ3v) is 3.52. The van der Waals surface area contributed by atoms with Crippen LogP contribution in [0.3, 0.4) is 0 Å². The SMILES string of the molecule is Cc1cccc(C)c1OCC(=O)NCc1ccccc1CO. The lowest BCUT2D eigenvalue weighted by molar-refractivity contribution is -0.123. The van der Waals surface area contributed by atoms with E-state index in [0.717, 1.165) is 28.0 Å². The van der Waals surface area contributed by atoms with Gasteiger partial charge in [-0.25, -0.2) is 0 Å². The number of amides is 1. The average molecular weight is 299 g/mol. The lowest BCUT2D eigenvalue weighted by Gasteiger charge is -2.12. The molecule has 4 heteroatoms. The van der Waals surface area contributed by atoms with Crippen LogP contribution in [-0.4, -0.2) is 17.6 Å². The zero-order valence-corrected chi connectivity index (χ0v) is 12.9. The first-order valence-electron chi connectivity index (χ1n) is 7.25. The molecule has 2 aromatic carbocycles. The Bertz CT molecular complexity index is 632. The quantitative estimate of drug-likeness (QED) is 0.861. The predicted molar refractivity (Wildman–Crippen MR) is 85.6 cm³/mol. The summed E-state index contributed by atoms with van der Waals surface area (Å²) in [5.74, 6) is 0.573. The van der Waals surface area contributed by atoms with Gasteiger partial charge in [-0.05, 0) is 36.1 Å². The van der Waals surface area contributed by atoms with E-state index in [1.807, 2.05) is 56.3 Å². The number of benzene rings is 2. The fourth-order valence-corrected chi connectivity index (χ4v) is 2.29. The van der Waals surface area contributed by atoms with Gasteiger partial charge in [0.1, 0.15) is 5.75 Å². The van der Waals surface area contributed by atoms with Crippen LogP contribution in [0.2, 0.25) is 0 Å². The van der Waals surface area contributed by atoms with E-state index in [1.165, 1.54) is 0 Å². The maximum Gasteiger partial charge on any atom is 0.258 e. The number of carbonyl (C=O) groups is 1. The number of aliphatic hydroxyl groups excluding tert-OH is 1. The monoisotopic (exact) mass is 299 g/mol. The second-order valence-corrected chi connectivity index (χ2v) is 5.21. The number of ether oxygens (including phenoxy) is 1. The lowest BCUT2D eigenvalue weighted by atomic mass is 10.1. The van der Waals surface area contributed by atoms with E-state index in [9.17, 15) is 9.90 Å². The smallest absolute Gasteiger partial charge is 0.258 e. The molecule has 0 aromatic heterocycles. The van der Waals surface area contributed by atoms with E-state index in [4.69, 9.17) is 4.74 Å². The molecule has 0 saturated carbocycles. The third kappa shape index (κ3) is 4.09. The molecule has 4 nitrogen and oxygen atoms in total. The van der Waals surface area contributed by atoms with Crippen LogP contribution >= 0.6 is 0 Å². The molecule has 22 heavy (non-hydrogen) atoms. The highest BCUT2D eigenvalue weighted by molar-refractivity contribution is 5.77. The summed E-state index contributed by atoms with van der Waals surface area (Å²) >= 11 is 0. The normalized spacial score (nSPS) is 10.3. The van der Waals surface area contributed by atoms with Gasteiger partial charge in [0.15, 0.2) is 6.61 Å². The summed E-state index contributed by atoms with van der Waals surface area (Å²) in [6.07, 6.45) is 0. The number of aliphatic hydroxyl groups is 1. The molecule has 2 rings (SSSR count). The molecule has 0 unspecified atom stereocenters. The van der Waals surface area contributed by atoms with Crippen molar-refractivity contribution in [1.82, 2.24) is 5.32 Å². The summed E-state index contributed by atoms with van der Waals surface area (Å²) < 4.78 is 5.61. The van der Waals surface area contributed by atoms with Crippen LogP contribution in [0.5, 0.6) is 5.75 Å². The maximum absolute atomic E-state index is 11.9. The van der Waals surface area contributed by atoms with E-state index in [1.54, 1.807) is 0 Å². The second-order valence-electron chi connectivity index (χ2n) is 5.21. The summed E-state index contributed by atoms with van der Waals surface area (Å²) in [7, 11) is 0. The Hall–Kier alpha value is -2.33. The van der Waals surface area contributed by atoms with Crippen LogP contribution < -0.4 is 10.1 Å². The highest BCUT2D eigenvalue weighted by atomic mass is 16.5. The summed E-state index contributed by atoms with van der Waals surface area (Å²) in [5.41, 5.74) is 3.75. The van der Waals surface area contributed by atoms with E-state index < -0.39 is 0 Å². The van der Waals surface area contributed by atoms with Crippen molar-refractivity contribution in [3.05, 3.63) is 64.7 Å². The lowest BCUT2D eigenvalue weighted by Crippen LogP contribution is -2.29.